The standard InChI is InChI=1S/C22H32N4O11/c27-16-2-1-15(9-17(16)28)3-4-23-18(29)10-24(5-7-25(11-19(30)31)12-20(32)33)6-8-26(13-21(34)35)14-22(36)37/h1-2,9,27-28H,3-8,10-14H2,(H,23,29)(H,30,31)(H,32,33)(H,34,35)(H,36,37). The van der Waals surface area contributed by atoms with Crippen molar-refractivity contribution in [2.24, 2.45) is 0 Å². The molecule has 0 aliphatic heterocycles. The molecule has 15 heteroatoms. The summed E-state index contributed by atoms with van der Waals surface area (Å²) in [5.74, 6) is -5.95. The Hall–Kier alpha value is -3.95. The monoisotopic (exact) mass is 528 g/mol. The second-order valence-corrected chi connectivity index (χ2v) is 8.20. The largest absolute Gasteiger partial charge is 0.504 e. The number of benzene rings is 1. The summed E-state index contributed by atoms with van der Waals surface area (Å²) in [6.45, 7) is -2.17. The quantitative estimate of drug-likeness (QED) is 0.0964. The molecule has 7 N–H and O–H groups in total. The SMILES string of the molecule is O=C(O)CN(CCN(CCN(CC(=O)O)CC(=O)O)CC(=O)NCCc1ccc(O)c(O)c1)CC(=O)O. The summed E-state index contributed by atoms with van der Waals surface area (Å²) >= 11 is 0. The number of nitrogens with zero attached hydrogens (tertiary/aromatic N) is 3. The first-order chi connectivity index (χ1) is 17.3. The number of phenols is 2. The van der Waals surface area contributed by atoms with Crippen LogP contribution >= 0.6 is 0 Å². The van der Waals surface area contributed by atoms with E-state index in [1.54, 1.807) is 6.07 Å². The van der Waals surface area contributed by atoms with Gasteiger partial charge in [-0.3, -0.25) is 38.7 Å². The summed E-state index contributed by atoms with van der Waals surface area (Å²) in [7, 11) is 0. The minimum absolute atomic E-state index is 0.0312. The number of carboxylic acids is 4. The highest BCUT2D eigenvalue weighted by atomic mass is 16.4. The molecule has 206 valence electrons. The van der Waals surface area contributed by atoms with Crippen molar-refractivity contribution in [3.05, 3.63) is 23.8 Å². The van der Waals surface area contributed by atoms with Gasteiger partial charge in [0.1, 0.15) is 0 Å². The van der Waals surface area contributed by atoms with E-state index in [9.17, 15) is 34.2 Å². The Kier molecular flexibility index (Phi) is 13.4. The zero-order chi connectivity index (χ0) is 28.0. The van der Waals surface area contributed by atoms with E-state index < -0.39 is 56.0 Å². The number of carboxylic acid groups (broad SMARTS) is 4. The average molecular weight is 529 g/mol. The Morgan fingerprint density at radius 1 is 0.622 bits per heavy atom. The molecule has 0 saturated heterocycles. The topological polar surface area (TPSA) is 228 Å². The number of hydrogen-bond acceptors (Lipinski definition) is 10. The molecule has 0 radical (unpaired) electrons. The number of hydrogen-bond donors (Lipinski definition) is 7. The van der Waals surface area contributed by atoms with Crippen molar-refractivity contribution < 1.29 is 54.6 Å². The average Bonchev–Trinajstić information content (AvgIpc) is 2.76. The van der Waals surface area contributed by atoms with Gasteiger partial charge in [-0.1, -0.05) is 6.07 Å². The third kappa shape index (κ3) is 14.3. The highest BCUT2D eigenvalue weighted by molar-refractivity contribution is 5.78. The second-order valence-electron chi connectivity index (χ2n) is 8.20. The molecule has 0 spiro atoms. The van der Waals surface area contributed by atoms with Crippen LogP contribution in [-0.2, 0) is 30.4 Å². The highest BCUT2D eigenvalue weighted by Gasteiger charge is 2.19. The summed E-state index contributed by atoms with van der Waals surface area (Å²) in [6.07, 6.45) is 0.343. The van der Waals surface area contributed by atoms with Crippen LogP contribution in [0.5, 0.6) is 11.5 Å². The van der Waals surface area contributed by atoms with Crippen LogP contribution < -0.4 is 5.32 Å². The van der Waals surface area contributed by atoms with Gasteiger partial charge < -0.3 is 36.0 Å². The van der Waals surface area contributed by atoms with Crippen LogP contribution in [0.25, 0.3) is 0 Å². The van der Waals surface area contributed by atoms with Crippen molar-refractivity contribution in [1.29, 1.82) is 0 Å². The molecule has 0 atom stereocenters. The molecule has 0 unspecified atom stereocenters. The lowest BCUT2D eigenvalue weighted by atomic mass is 10.1. The van der Waals surface area contributed by atoms with Gasteiger partial charge in [-0.15, -0.1) is 0 Å². The molecule has 1 aromatic carbocycles. The predicted molar refractivity (Wildman–Crippen MR) is 126 cm³/mol. The number of rotatable bonds is 19. The fraction of sp³-hybridized carbons (Fsp3) is 0.500. The van der Waals surface area contributed by atoms with E-state index in [1.165, 1.54) is 17.0 Å². The zero-order valence-corrected chi connectivity index (χ0v) is 20.1. The van der Waals surface area contributed by atoms with E-state index in [-0.39, 0.29) is 50.8 Å². The number of carbonyl (C=O) groups is 5. The minimum atomic E-state index is -1.24. The molecule has 15 nitrogen and oxygen atoms in total. The first-order valence-corrected chi connectivity index (χ1v) is 11.2. The molecular formula is C22H32N4O11. The van der Waals surface area contributed by atoms with Crippen LogP contribution in [0.2, 0.25) is 0 Å². The van der Waals surface area contributed by atoms with E-state index in [0.29, 0.717) is 12.0 Å². The lowest BCUT2D eigenvalue weighted by Crippen LogP contribution is -2.47. The summed E-state index contributed by atoms with van der Waals surface area (Å²) < 4.78 is 0. The van der Waals surface area contributed by atoms with Crippen molar-refractivity contribution in [2.45, 2.75) is 6.42 Å². The summed E-state index contributed by atoms with van der Waals surface area (Å²) in [5, 5.41) is 57.7. The first kappa shape index (κ1) is 31.1. The van der Waals surface area contributed by atoms with Gasteiger partial charge in [0.2, 0.25) is 5.91 Å². The Morgan fingerprint density at radius 2 is 1.05 bits per heavy atom. The number of carbonyl (C=O) groups excluding carboxylic acids is 1. The predicted octanol–water partition coefficient (Wildman–Crippen LogP) is -2.00. The number of aliphatic carboxylic acids is 4. The maximum absolute atomic E-state index is 12.5. The van der Waals surface area contributed by atoms with Crippen molar-refractivity contribution in [3.63, 3.8) is 0 Å². The van der Waals surface area contributed by atoms with Crippen LogP contribution in [0.4, 0.5) is 0 Å². The zero-order valence-electron chi connectivity index (χ0n) is 20.1. The van der Waals surface area contributed by atoms with Crippen LogP contribution in [0.15, 0.2) is 18.2 Å². The molecule has 0 aromatic heterocycles. The number of aromatic hydroxyl groups is 2. The van der Waals surface area contributed by atoms with Gasteiger partial charge in [0.25, 0.3) is 0 Å². The Morgan fingerprint density at radius 3 is 1.46 bits per heavy atom. The maximum Gasteiger partial charge on any atom is 0.317 e. The molecule has 0 saturated carbocycles. The number of amides is 1. The van der Waals surface area contributed by atoms with E-state index >= 15 is 0 Å². The minimum Gasteiger partial charge on any atom is -0.504 e. The van der Waals surface area contributed by atoms with Crippen LogP contribution in [0.3, 0.4) is 0 Å². The molecule has 0 heterocycles. The first-order valence-electron chi connectivity index (χ1n) is 11.2. The summed E-state index contributed by atoms with van der Waals surface area (Å²) in [6, 6.07) is 4.24. The van der Waals surface area contributed by atoms with E-state index in [0.717, 1.165) is 9.80 Å². The van der Waals surface area contributed by atoms with Crippen LogP contribution in [-0.4, -0.2) is 141 Å². The van der Waals surface area contributed by atoms with Crippen molar-refractivity contribution in [3.8, 4) is 11.5 Å². The third-order valence-electron chi connectivity index (χ3n) is 5.04. The van der Waals surface area contributed by atoms with Gasteiger partial charge in [0.05, 0.1) is 32.7 Å². The Balaban J connectivity index is 2.80. The molecule has 37 heavy (non-hydrogen) atoms. The third-order valence-corrected chi connectivity index (χ3v) is 5.04. The molecule has 0 fully saturated rings. The summed E-state index contributed by atoms with van der Waals surface area (Å²) in [5.41, 5.74) is 0.656. The molecule has 1 aromatic rings. The fourth-order valence-corrected chi connectivity index (χ4v) is 3.36. The number of nitrogens with one attached hydrogen (secondary N) is 1. The van der Waals surface area contributed by atoms with Gasteiger partial charge >= 0.3 is 23.9 Å². The van der Waals surface area contributed by atoms with E-state index in [1.807, 2.05) is 0 Å². The van der Waals surface area contributed by atoms with Crippen molar-refractivity contribution in [2.75, 3.05) is 65.4 Å². The van der Waals surface area contributed by atoms with E-state index in [2.05, 4.69) is 5.32 Å². The normalized spacial score (nSPS) is 11.1. The van der Waals surface area contributed by atoms with Crippen molar-refractivity contribution >= 4 is 29.8 Å². The Labute approximate surface area is 212 Å². The van der Waals surface area contributed by atoms with Crippen LogP contribution in [0, 0.1) is 0 Å². The van der Waals surface area contributed by atoms with Crippen molar-refractivity contribution in [1.82, 2.24) is 20.0 Å². The molecule has 1 rings (SSSR count). The molecular weight excluding hydrogens is 496 g/mol. The summed E-state index contributed by atoms with van der Waals surface area (Å²) in [4.78, 5) is 60.6. The molecule has 0 aliphatic carbocycles. The highest BCUT2D eigenvalue weighted by Crippen LogP contribution is 2.24. The van der Waals surface area contributed by atoms with Crippen LogP contribution in [0.1, 0.15) is 5.56 Å². The van der Waals surface area contributed by atoms with Gasteiger partial charge in [-0.25, -0.2) is 0 Å². The second kappa shape index (κ2) is 15.9. The van der Waals surface area contributed by atoms with Gasteiger partial charge in [0, 0.05) is 32.7 Å². The Bertz CT molecular complexity index is 885. The lowest BCUT2D eigenvalue weighted by Gasteiger charge is -2.28. The van der Waals surface area contributed by atoms with E-state index in [4.69, 9.17) is 20.4 Å². The lowest BCUT2D eigenvalue weighted by molar-refractivity contribution is -0.143. The maximum atomic E-state index is 12.5. The fourth-order valence-electron chi connectivity index (χ4n) is 3.36. The molecule has 1 amide bonds. The number of phenolic OH excluding ortho intramolecular Hbond substituents is 2. The molecule has 0 aliphatic rings. The van der Waals surface area contributed by atoms with Gasteiger partial charge in [-0.2, -0.15) is 0 Å². The molecule has 0 bridgehead atoms. The smallest absolute Gasteiger partial charge is 0.317 e. The van der Waals surface area contributed by atoms with Gasteiger partial charge in [-0.05, 0) is 24.1 Å². The van der Waals surface area contributed by atoms with Gasteiger partial charge in [0.15, 0.2) is 11.5 Å².